The average molecular weight is 571 g/mol. The molecule has 1 aromatic carbocycles. The molecule has 0 spiro atoms. The molecule has 2 saturated heterocycles. The summed E-state index contributed by atoms with van der Waals surface area (Å²) < 4.78 is 47.3. The SMILES string of the molecule is CN.O=Cc1ccc(NCC#Cc2cc3c(NC4CCN(C5CCOCC5)CC4)cccc3n2CC(F)(F)F)cn1. The second-order valence-electron chi connectivity index (χ2n) is 10.0. The van der Waals surface area contributed by atoms with Crippen molar-refractivity contribution < 1.29 is 22.7 Å². The number of piperidine rings is 1. The fourth-order valence-corrected chi connectivity index (χ4v) is 5.40. The zero-order valence-electron chi connectivity index (χ0n) is 23.2. The number of nitrogens with one attached hydrogen (secondary N) is 2. The van der Waals surface area contributed by atoms with Crippen LogP contribution in [0.3, 0.4) is 0 Å². The van der Waals surface area contributed by atoms with Crippen LogP contribution in [0.1, 0.15) is 41.9 Å². The molecule has 0 amide bonds. The molecule has 2 aliphatic heterocycles. The molecule has 2 aliphatic rings. The van der Waals surface area contributed by atoms with E-state index in [-0.39, 0.29) is 12.6 Å². The van der Waals surface area contributed by atoms with Crippen LogP contribution in [-0.4, -0.2) is 78.9 Å². The monoisotopic (exact) mass is 570 g/mol. The van der Waals surface area contributed by atoms with Gasteiger partial charge in [0.25, 0.3) is 0 Å². The Morgan fingerprint density at radius 1 is 1.12 bits per heavy atom. The number of ether oxygens (including phenoxy) is 1. The van der Waals surface area contributed by atoms with Gasteiger partial charge in [-0.1, -0.05) is 12.0 Å². The van der Waals surface area contributed by atoms with Crippen molar-refractivity contribution in [2.75, 3.05) is 50.5 Å². The largest absolute Gasteiger partial charge is 0.406 e. The summed E-state index contributed by atoms with van der Waals surface area (Å²) >= 11 is 0. The molecule has 41 heavy (non-hydrogen) atoms. The minimum absolute atomic E-state index is 0.215. The number of pyridine rings is 1. The summed E-state index contributed by atoms with van der Waals surface area (Å²) in [6.07, 6.45) is 1.91. The molecule has 8 nitrogen and oxygen atoms in total. The van der Waals surface area contributed by atoms with Crippen LogP contribution >= 0.6 is 0 Å². The molecule has 2 fully saturated rings. The van der Waals surface area contributed by atoms with E-state index in [9.17, 15) is 18.0 Å². The number of nitrogens with two attached hydrogens (primary N) is 1. The van der Waals surface area contributed by atoms with E-state index in [1.54, 1.807) is 30.3 Å². The Balaban J connectivity index is 0.00000189. The number of alkyl halides is 3. The maximum Gasteiger partial charge on any atom is 0.406 e. The molecule has 0 saturated carbocycles. The van der Waals surface area contributed by atoms with E-state index in [2.05, 4.69) is 38.1 Å². The molecular weight excluding hydrogens is 533 g/mol. The lowest BCUT2D eigenvalue weighted by Crippen LogP contribution is -2.46. The highest BCUT2D eigenvalue weighted by Crippen LogP contribution is 2.31. The van der Waals surface area contributed by atoms with Crippen molar-refractivity contribution in [1.82, 2.24) is 14.5 Å². The molecule has 0 unspecified atom stereocenters. The van der Waals surface area contributed by atoms with Gasteiger partial charge in [0.05, 0.1) is 29.6 Å². The van der Waals surface area contributed by atoms with Crippen molar-refractivity contribution in [3.8, 4) is 11.8 Å². The fourth-order valence-electron chi connectivity index (χ4n) is 5.40. The summed E-state index contributed by atoms with van der Waals surface area (Å²) in [5.74, 6) is 5.84. The first kappa shape index (κ1) is 30.4. The first-order chi connectivity index (χ1) is 19.9. The van der Waals surface area contributed by atoms with E-state index in [1.165, 1.54) is 17.8 Å². The number of rotatable bonds is 7. The number of carbonyl (C=O) groups is 1. The number of carbonyl (C=O) groups excluding carboxylic acids is 1. The zero-order valence-corrected chi connectivity index (χ0v) is 23.2. The molecule has 5 rings (SSSR count). The molecule has 3 aromatic rings. The summed E-state index contributed by atoms with van der Waals surface area (Å²) in [5, 5.41) is 7.40. The van der Waals surface area contributed by atoms with Gasteiger partial charge in [0.2, 0.25) is 0 Å². The van der Waals surface area contributed by atoms with Crippen LogP contribution < -0.4 is 16.4 Å². The maximum atomic E-state index is 13.5. The molecule has 0 atom stereocenters. The number of anilines is 2. The molecule has 11 heteroatoms. The highest BCUT2D eigenvalue weighted by molar-refractivity contribution is 5.94. The van der Waals surface area contributed by atoms with Gasteiger partial charge in [-0.05, 0) is 69.0 Å². The standard InChI is InChI=1S/C29H32F3N5O2.CH5N/c30-29(31,32)20-37-25(3-2-12-33-22-6-7-23(19-38)34-18-22)17-26-27(4-1-5-28(26)37)35-21-8-13-36(14-9-21)24-10-15-39-16-11-24;1-2/h1,4-7,17-19,21,24,33,35H,8-16,20H2;2H2,1H3. The molecule has 4 heterocycles. The van der Waals surface area contributed by atoms with Crippen molar-refractivity contribution in [2.45, 2.75) is 50.5 Å². The lowest BCUT2D eigenvalue weighted by atomic mass is 9.99. The van der Waals surface area contributed by atoms with Gasteiger partial charge >= 0.3 is 6.18 Å². The second-order valence-corrected chi connectivity index (χ2v) is 10.0. The quantitative estimate of drug-likeness (QED) is 0.284. The number of aromatic nitrogens is 2. The van der Waals surface area contributed by atoms with Crippen LogP contribution in [0.25, 0.3) is 10.9 Å². The van der Waals surface area contributed by atoms with Crippen LogP contribution in [-0.2, 0) is 11.3 Å². The third kappa shape index (κ3) is 8.22. The highest BCUT2D eigenvalue weighted by Gasteiger charge is 2.30. The van der Waals surface area contributed by atoms with E-state index in [1.807, 2.05) is 6.07 Å². The molecule has 0 aliphatic carbocycles. The van der Waals surface area contributed by atoms with Crippen LogP contribution in [0.2, 0.25) is 0 Å². The Kier molecular flexibility index (Phi) is 10.6. The molecule has 4 N–H and O–H groups in total. The summed E-state index contributed by atoms with van der Waals surface area (Å²) in [6, 6.07) is 11.3. The number of hydrogen-bond acceptors (Lipinski definition) is 7. The molecule has 220 valence electrons. The number of aldehydes is 1. The van der Waals surface area contributed by atoms with Crippen LogP contribution in [0, 0.1) is 11.8 Å². The molecule has 0 bridgehead atoms. The number of halogens is 3. The van der Waals surface area contributed by atoms with Crippen molar-refractivity contribution in [3.63, 3.8) is 0 Å². The Morgan fingerprint density at radius 2 is 1.88 bits per heavy atom. The van der Waals surface area contributed by atoms with E-state index < -0.39 is 12.7 Å². The summed E-state index contributed by atoms with van der Waals surface area (Å²) in [7, 11) is 1.50. The van der Waals surface area contributed by atoms with E-state index >= 15 is 0 Å². The lowest BCUT2D eigenvalue weighted by molar-refractivity contribution is -0.140. The molecule has 0 radical (unpaired) electrons. The van der Waals surface area contributed by atoms with Crippen molar-refractivity contribution in [2.24, 2.45) is 5.73 Å². The third-order valence-corrected chi connectivity index (χ3v) is 7.38. The number of benzene rings is 1. The predicted molar refractivity (Wildman–Crippen MR) is 155 cm³/mol. The molecule has 2 aromatic heterocycles. The van der Waals surface area contributed by atoms with Crippen LogP contribution in [0.4, 0.5) is 24.5 Å². The van der Waals surface area contributed by atoms with Crippen molar-refractivity contribution >= 4 is 28.6 Å². The smallest absolute Gasteiger partial charge is 0.382 e. The summed E-state index contributed by atoms with van der Waals surface area (Å²) in [4.78, 5) is 17.3. The van der Waals surface area contributed by atoms with E-state index in [4.69, 9.17) is 4.74 Å². The average Bonchev–Trinajstić information content (AvgIpc) is 3.34. The predicted octanol–water partition coefficient (Wildman–Crippen LogP) is 4.50. The highest BCUT2D eigenvalue weighted by atomic mass is 19.4. The zero-order chi connectivity index (χ0) is 29.2. The topological polar surface area (TPSA) is 97.4 Å². The maximum absolute atomic E-state index is 13.5. The summed E-state index contributed by atoms with van der Waals surface area (Å²) in [6.45, 7) is 2.76. The number of hydrogen-bond donors (Lipinski definition) is 3. The van der Waals surface area contributed by atoms with E-state index in [0.717, 1.165) is 63.1 Å². The van der Waals surface area contributed by atoms with Gasteiger partial charge in [0.15, 0.2) is 6.29 Å². The fraction of sp³-hybridized carbons (Fsp3) is 0.467. The van der Waals surface area contributed by atoms with Crippen molar-refractivity contribution in [3.05, 3.63) is 54.0 Å². The van der Waals surface area contributed by atoms with Crippen molar-refractivity contribution in [1.29, 1.82) is 0 Å². The van der Waals surface area contributed by atoms with Crippen LogP contribution in [0.5, 0.6) is 0 Å². The van der Waals surface area contributed by atoms with Gasteiger partial charge in [-0.2, -0.15) is 13.2 Å². The van der Waals surface area contributed by atoms with Gasteiger partial charge in [0, 0.05) is 49.5 Å². The van der Waals surface area contributed by atoms with E-state index in [0.29, 0.717) is 34.9 Å². The Morgan fingerprint density at radius 3 is 2.54 bits per heavy atom. The van der Waals surface area contributed by atoms with Gasteiger partial charge in [-0.3, -0.25) is 9.78 Å². The normalized spacial score (nSPS) is 16.8. The number of likely N-dealkylation sites (tertiary alicyclic amines) is 1. The summed E-state index contributed by atoms with van der Waals surface area (Å²) in [5.41, 5.74) is 7.13. The number of nitrogens with zero attached hydrogens (tertiary/aromatic N) is 3. The van der Waals surface area contributed by atoms with Gasteiger partial charge in [-0.25, -0.2) is 0 Å². The molecular formula is C30H37F3N6O2. The number of fused-ring (bicyclic) bond motifs is 1. The van der Waals surface area contributed by atoms with Gasteiger partial charge < -0.3 is 30.6 Å². The minimum Gasteiger partial charge on any atom is -0.382 e. The Bertz CT molecular complexity index is 1330. The first-order valence-electron chi connectivity index (χ1n) is 13.9. The second kappa shape index (κ2) is 14.3. The Hall–Kier alpha value is -3.59. The third-order valence-electron chi connectivity index (χ3n) is 7.38. The lowest BCUT2D eigenvalue weighted by Gasteiger charge is -2.39. The van der Waals surface area contributed by atoms with Gasteiger partial charge in [-0.15, -0.1) is 0 Å². The van der Waals surface area contributed by atoms with Crippen LogP contribution in [0.15, 0.2) is 42.6 Å². The Labute approximate surface area is 238 Å². The first-order valence-corrected chi connectivity index (χ1v) is 13.9. The van der Waals surface area contributed by atoms with Gasteiger partial charge in [0.1, 0.15) is 12.2 Å². The minimum atomic E-state index is -4.38.